The van der Waals surface area contributed by atoms with Crippen LogP contribution < -0.4 is 5.32 Å². The normalized spacial score (nSPS) is 31.5. The van der Waals surface area contributed by atoms with E-state index in [2.05, 4.69) is 24.1 Å². The molecule has 0 unspecified atom stereocenters. The lowest BCUT2D eigenvalue weighted by Crippen LogP contribution is -2.43. The standard InChI is InChI=1S/C14H26N2O/c1-11-7-12(2)10-16(9-11)14(17)8-13-3-5-15-6-4-13/h11-13,15H,3-10H2,1-2H3/t11-,12+. The first-order valence-corrected chi connectivity index (χ1v) is 7.13. The Morgan fingerprint density at radius 2 is 1.76 bits per heavy atom. The molecule has 1 N–H and O–H groups in total. The molecule has 0 bridgehead atoms. The highest BCUT2D eigenvalue weighted by Gasteiger charge is 2.27. The van der Waals surface area contributed by atoms with Crippen molar-refractivity contribution in [3.05, 3.63) is 0 Å². The third-order valence-electron chi connectivity index (χ3n) is 4.14. The summed E-state index contributed by atoms with van der Waals surface area (Å²) in [6.07, 6.45) is 4.40. The summed E-state index contributed by atoms with van der Waals surface area (Å²) in [5.41, 5.74) is 0. The smallest absolute Gasteiger partial charge is 0.222 e. The first kappa shape index (κ1) is 12.9. The van der Waals surface area contributed by atoms with E-state index in [-0.39, 0.29) is 0 Å². The minimum absolute atomic E-state index is 0.398. The maximum Gasteiger partial charge on any atom is 0.222 e. The van der Waals surface area contributed by atoms with E-state index in [0.717, 1.165) is 32.6 Å². The summed E-state index contributed by atoms with van der Waals surface area (Å²) in [5, 5.41) is 3.36. The Bertz CT molecular complexity index is 251. The average molecular weight is 238 g/mol. The molecule has 2 saturated heterocycles. The summed E-state index contributed by atoms with van der Waals surface area (Å²) in [6, 6.07) is 0. The molecule has 1 amide bonds. The molecular formula is C14H26N2O. The lowest BCUT2D eigenvalue weighted by atomic mass is 9.90. The molecule has 2 atom stereocenters. The predicted octanol–water partition coefficient (Wildman–Crippen LogP) is 1.88. The third kappa shape index (κ3) is 3.70. The first-order valence-electron chi connectivity index (χ1n) is 7.13. The fraction of sp³-hybridized carbons (Fsp3) is 0.929. The average Bonchev–Trinajstić information content (AvgIpc) is 2.29. The number of carbonyl (C=O) groups excluding carboxylic acids is 1. The van der Waals surface area contributed by atoms with Crippen LogP contribution in [0.3, 0.4) is 0 Å². The fourth-order valence-electron chi connectivity index (χ4n) is 3.33. The maximum atomic E-state index is 12.3. The van der Waals surface area contributed by atoms with E-state index in [0.29, 0.717) is 23.7 Å². The quantitative estimate of drug-likeness (QED) is 0.796. The van der Waals surface area contributed by atoms with Crippen molar-refractivity contribution >= 4 is 5.91 Å². The van der Waals surface area contributed by atoms with Gasteiger partial charge >= 0.3 is 0 Å². The summed E-state index contributed by atoms with van der Waals surface area (Å²) in [5.74, 6) is 2.37. The zero-order chi connectivity index (χ0) is 12.3. The van der Waals surface area contributed by atoms with Crippen LogP contribution in [0.2, 0.25) is 0 Å². The minimum atomic E-state index is 0.398. The number of amides is 1. The Labute approximate surface area is 105 Å². The van der Waals surface area contributed by atoms with Crippen molar-refractivity contribution in [3.8, 4) is 0 Å². The van der Waals surface area contributed by atoms with Crippen molar-refractivity contribution in [1.29, 1.82) is 0 Å². The van der Waals surface area contributed by atoms with Gasteiger partial charge in [-0.3, -0.25) is 4.79 Å². The number of likely N-dealkylation sites (tertiary alicyclic amines) is 1. The topological polar surface area (TPSA) is 32.3 Å². The number of nitrogens with one attached hydrogen (secondary N) is 1. The Morgan fingerprint density at radius 1 is 1.18 bits per heavy atom. The van der Waals surface area contributed by atoms with Gasteiger partial charge in [0.05, 0.1) is 0 Å². The second-order valence-corrected chi connectivity index (χ2v) is 6.14. The SMILES string of the molecule is C[C@@H]1C[C@H](C)CN(C(=O)CC2CCNCC2)C1. The first-order chi connectivity index (χ1) is 8.15. The molecule has 0 radical (unpaired) electrons. The molecule has 0 aliphatic carbocycles. The van der Waals surface area contributed by atoms with Gasteiger partial charge in [0, 0.05) is 19.5 Å². The van der Waals surface area contributed by atoms with Gasteiger partial charge in [-0.25, -0.2) is 0 Å². The summed E-state index contributed by atoms with van der Waals surface area (Å²) < 4.78 is 0. The van der Waals surface area contributed by atoms with Crippen molar-refractivity contribution in [2.75, 3.05) is 26.2 Å². The van der Waals surface area contributed by atoms with Crippen LogP contribution in [-0.2, 0) is 4.79 Å². The summed E-state index contributed by atoms with van der Waals surface area (Å²) >= 11 is 0. The van der Waals surface area contributed by atoms with Crippen LogP contribution in [0.15, 0.2) is 0 Å². The summed E-state index contributed by atoms with van der Waals surface area (Å²) in [7, 11) is 0. The lowest BCUT2D eigenvalue weighted by Gasteiger charge is -2.36. The van der Waals surface area contributed by atoms with Gasteiger partial charge in [-0.2, -0.15) is 0 Å². The van der Waals surface area contributed by atoms with E-state index in [4.69, 9.17) is 0 Å². The second kappa shape index (κ2) is 5.85. The Kier molecular flexibility index (Phi) is 4.43. The number of hydrogen-bond donors (Lipinski definition) is 1. The number of rotatable bonds is 2. The van der Waals surface area contributed by atoms with Crippen molar-refractivity contribution in [2.24, 2.45) is 17.8 Å². The van der Waals surface area contributed by atoms with E-state index in [1.54, 1.807) is 0 Å². The molecule has 3 heteroatoms. The molecule has 0 aromatic rings. The molecule has 2 heterocycles. The van der Waals surface area contributed by atoms with Crippen molar-refractivity contribution in [3.63, 3.8) is 0 Å². The largest absolute Gasteiger partial charge is 0.342 e. The molecule has 2 fully saturated rings. The van der Waals surface area contributed by atoms with Crippen LogP contribution in [0.5, 0.6) is 0 Å². The van der Waals surface area contributed by atoms with E-state index < -0.39 is 0 Å². The van der Waals surface area contributed by atoms with Crippen LogP contribution in [-0.4, -0.2) is 37.0 Å². The van der Waals surface area contributed by atoms with Crippen LogP contribution in [0.25, 0.3) is 0 Å². The highest BCUT2D eigenvalue weighted by Crippen LogP contribution is 2.23. The zero-order valence-corrected chi connectivity index (χ0v) is 11.2. The highest BCUT2D eigenvalue weighted by molar-refractivity contribution is 5.76. The van der Waals surface area contributed by atoms with E-state index >= 15 is 0 Å². The molecule has 2 aliphatic heterocycles. The summed E-state index contributed by atoms with van der Waals surface area (Å²) in [6.45, 7) is 8.67. The van der Waals surface area contributed by atoms with Crippen molar-refractivity contribution in [2.45, 2.75) is 39.5 Å². The van der Waals surface area contributed by atoms with Crippen molar-refractivity contribution < 1.29 is 4.79 Å². The molecule has 0 aromatic heterocycles. The Balaban J connectivity index is 1.81. The van der Waals surface area contributed by atoms with Gasteiger partial charge in [-0.1, -0.05) is 13.8 Å². The molecule has 0 spiro atoms. The second-order valence-electron chi connectivity index (χ2n) is 6.14. The highest BCUT2D eigenvalue weighted by atomic mass is 16.2. The summed E-state index contributed by atoms with van der Waals surface area (Å²) in [4.78, 5) is 14.4. The van der Waals surface area contributed by atoms with Gasteiger partial charge in [0.2, 0.25) is 5.91 Å². The zero-order valence-electron chi connectivity index (χ0n) is 11.2. The molecule has 2 rings (SSSR count). The van der Waals surface area contributed by atoms with Gasteiger partial charge in [0.15, 0.2) is 0 Å². The van der Waals surface area contributed by atoms with E-state index in [9.17, 15) is 4.79 Å². The van der Waals surface area contributed by atoms with Gasteiger partial charge in [0.25, 0.3) is 0 Å². The van der Waals surface area contributed by atoms with E-state index in [1.165, 1.54) is 19.3 Å². The maximum absolute atomic E-state index is 12.3. The monoisotopic (exact) mass is 238 g/mol. The third-order valence-corrected chi connectivity index (χ3v) is 4.14. The molecule has 98 valence electrons. The predicted molar refractivity (Wildman–Crippen MR) is 69.7 cm³/mol. The van der Waals surface area contributed by atoms with Crippen LogP contribution in [0, 0.1) is 17.8 Å². The molecule has 0 aromatic carbocycles. The Morgan fingerprint density at radius 3 is 2.35 bits per heavy atom. The van der Waals surface area contributed by atoms with Gasteiger partial charge in [-0.15, -0.1) is 0 Å². The number of nitrogens with zero attached hydrogens (tertiary/aromatic N) is 1. The number of piperidine rings is 2. The molecular weight excluding hydrogens is 212 g/mol. The molecule has 0 saturated carbocycles. The van der Waals surface area contributed by atoms with Crippen LogP contribution in [0.4, 0.5) is 0 Å². The number of carbonyl (C=O) groups is 1. The van der Waals surface area contributed by atoms with Gasteiger partial charge in [0.1, 0.15) is 0 Å². The number of hydrogen-bond acceptors (Lipinski definition) is 2. The van der Waals surface area contributed by atoms with E-state index in [1.807, 2.05) is 0 Å². The molecule has 17 heavy (non-hydrogen) atoms. The Hall–Kier alpha value is -0.570. The molecule has 2 aliphatic rings. The molecule has 3 nitrogen and oxygen atoms in total. The van der Waals surface area contributed by atoms with Crippen molar-refractivity contribution in [1.82, 2.24) is 10.2 Å². The minimum Gasteiger partial charge on any atom is -0.342 e. The van der Waals surface area contributed by atoms with Gasteiger partial charge in [-0.05, 0) is 50.1 Å². The van der Waals surface area contributed by atoms with Gasteiger partial charge < -0.3 is 10.2 Å². The van der Waals surface area contributed by atoms with Crippen LogP contribution in [0.1, 0.15) is 39.5 Å². The fourth-order valence-corrected chi connectivity index (χ4v) is 3.33. The van der Waals surface area contributed by atoms with Crippen LogP contribution >= 0.6 is 0 Å². The lowest BCUT2D eigenvalue weighted by molar-refractivity contribution is -0.135.